The highest BCUT2D eigenvalue weighted by atomic mass is 16.6. The highest BCUT2D eigenvalue weighted by Crippen LogP contribution is 2.30. The summed E-state index contributed by atoms with van der Waals surface area (Å²) in [7, 11) is 0. The summed E-state index contributed by atoms with van der Waals surface area (Å²) < 4.78 is 16.2. The molecule has 2 heterocycles. The molecule has 1 aromatic carbocycles. The van der Waals surface area contributed by atoms with Gasteiger partial charge in [0.05, 0.1) is 19.3 Å². The van der Waals surface area contributed by atoms with E-state index < -0.39 is 0 Å². The maximum absolute atomic E-state index is 5.56. The van der Waals surface area contributed by atoms with Crippen LogP contribution in [0.1, 0.15) is 5.56 Å². The van der Waals surface area contributed by atoms with Crippen molar-refractivity contribution in [2.24, 2.45) is 0 Å². The summed E-state index contributed by atoms with van der Waals surface area (Å²) in [5.74, 6) is 1.74. The first-order valence-electron chi connectivity index (χ1n) is 6.11. The Morgan fingerprint density at radius 2 is 1.94 bits per heavy atom. The summed E-state index contributed by atoms with van der Waals surface area (Å²) in [5, 5.41) is 3.45. The molecule has 3 rings (SSSR count). The lowest BCUT2D eigenvalue weighted by atomic mass is 10.1. The number of fused-ring (bicyclic) bond motifs is 1. The van der Waals surface area contributed by atoms with Crippen LogP contribution in [0.15, 0.2) is 18.2 Å². The van der Waals surface area contributed by atoms with E-state index in [1.807, 2.05) is 6.07 Å². The largest absolute Gasteiger partial charge is 0.486 e. The fraction of sp³-hybridized carbons (Fsp3) is 0.538. The molecule has 0 spiro atoms. The van der Waals surface area contributed by atoms with Crippen LogP contribution >= 0.6 is 0 Å². The van der Waals surface area contributed by atoms with Crippen molar-refractivity contribution in [2.75, 3.05) is 33.0 Å². The van der Waals surface area contributed by atoms with Crippen molar-refractivity contribution >= 4 is 0 Å². The molecule has 1 aromatic rings. The number of nitrogens with one attached hydrogen (secondary N) is 1. The Hall–Kier alpha value is -1.26. The first kappa shape index (κ1) is 10.9. The van der Waals surface area contributed by atoms with Crippen LogP contribution in [0.25, 0.3) is 0 Å². The molecule has 0 unspecified atom stereocenters. The Kier molecular flexibility index (Phi) is 3.16. The van der Waals surface area contributed by atoms with Crippen molar-refractivity contribution in [2.45, 2.75) is 12.5 Å². The number of hydrogen-bond donors (Lipinski definition) is 1. The van der Waals surface area contributed by atoms with E-state index in [0.29, 0.717) is 19.3 Å². The zero-order chi connectivity index (χ0) is 11.5. The van der Waals surface area contributed by atoms with E-state index in [2.05, 4.69) is 17.4 Å². The van der Waals surface area contributed by atoms with E-state index in [0.717, 1.165) is 37.7 Å². The zero-order valence-electron chi connectivity index (χ0n) is 9.78. The minimum absolute atomic E-state index is 0.548. The fourth-order valence-corrected chi connectivity index (χ4v) is 2.02. The van der Waals surface area contributed by atoms with Crippen LogP contribution in [0, 0.1) is 0 Å². The van der Waals surface area contributed by atoms with E-state index in [1.54, 1.807) is 0 Å². The van der Waals surface area contributed by atoms with Crippen molar-refractivity contribution < 1.29 is 14.2 Å². The summed E-state index contributed by atoms with van der Waals surface area (Å²) in [6.45, 7) is 3.97. The van der Waals surface area contributed by atoms with Gasteiger partial charge >= 0.3 is 0 Å². The molecule has 0 radical (unpaired) electrons. The maximum atomic E-state index is 5.56. The molecular formula is C13H17NO3. The lowest BCUT2D eigenvalue weighted by molar-refractivity contribution is -0.00467. The molecule has 0 atom stereocenters. The summed E-state index contributed by atoms with van der Waals surface area (Å²) in [6.07, 6.45) is 1.01. The Bertz CT molecular complexity index is 390. The van der Waals surface area contributed by atoms with Gasteiger partial charge in [-0.05, 0) is 30.7 Å². The summed E-state index contributed by atoms with van der Waals surface area (Å²) in [4.78, 5) is 0. The molecule has 0 amide bonds. The molecule has 0 aromatic heterocycles. The van der Waals surface area contributed by atoms with Gasteiger partial charge in [0, 0.05) is 0 Å². The molecule has 1 N–H and O–H groups in total. The van der Waals surface area contributed by atoms with Gasteiger partial charge in [0.2, 0.25) is 0 Å². The predicted octanol–water partition coefficient (Wildman–Crippen LogP) is 0.989. The van der Waals surface area contributed by atoms with Crippen LogP contribution in [0.5, 0.6) is 11.5 Å². The molecular weight excluding hydrogens is 218 g/mol. The van der Waals surface area contributed by atoms with Gasteiger partial charge in [0.1, 0.15) is 13.2 Å². The molecule has 2 aliphatic rings. The van der Waals surface area contributed by atoms with Crippen molar-refractivity contribution in [1.82, 2.24) is 5.32 Å². The normalized spacial score (nSPS) is 18.8. The third kappa shape index (κ3) is 2.53. The third-order valence-corrected chi connectivity index (χ3v) is 3.09. The monoisotopic (exact) mass is 235 g/mol. The summed E-state index contributed by atoms with van der Waals surface area (Å²) >= 11 is 0. The number of ether oxygens (including phenoxy) is 3. The van der Waals surface area contributed by atoms with E-state index in [9.17, 15) is 0 Å². The van der Waals surface area contributed by atoms with E-state index in [-0.39, 0.29) is 0 Å². The van der Waals surface area contributed by atoms with Crippen molar-refractivity contribution in [3.8, 4) is 11.5 Å². The van der Waals surface area contributed by atoms with Gasteiger partial charge < -0.3 is 19.5 Å². The maximum Gasteiger partial charge on any atom is 0.161 e. The highest BCUT2D eigenvalue weighted by Gasteiger charge is 2.17. The van der Waals surface area contributed by atoms with Gasteiger partial charge in [-0.15, -0.1) is 0 Å². The number of rotatable bonds is 4. The second-order valence-corrected chi connectivity index (χ2v) is 4.42. The average Bonchev–Trinajstić information content (AvgIpc) is 2.32. The summed E-state index contributed by atoms with van der Waals surface area (Å²) in [5.41, 5.74) is 1.28. The Labute approximate surface area is 101 Å². The average molecular weight is 235 g/mol. The quantitative estimate of drug-likeness (QED) is 0.844. The van der Waals surface area contributed by atoms with Crippen molar-refractivity contribution in [1.29, 1.82) is 0 Å². The van der Waals surface area contributed by atoms with Gasteiger partial charge in [-0.3, -0.25) is 0 Å². The molecule has 17 heavy (non-hydrogen) atoms. The predicted molar refractivity (Wildman–Crippen MR) is 63.7 cm³/mol. The van der Waals surface area contributed by atoms with Gasteiger partial charge in [-0.2, -0.15) is 0 Å². The first-order chi connectivity index (χ1) is 8.42. The van der Waals surface area contributed by atoms with Crippen LogP contribution in [-0.4, -0.2) is 39.0 Å². The van der Waals surface area contributed by atoms with Crippen LogP contribution in [-0.2, 0) is 11.2 Å². The molecule has 0 saturated carbocycles. The molecule has 4 nitrogen and oxygen atoms in total. The van der Waals surface area contributed by atoms with Gasteiger partial charge in [0.15, 0.2) is 11.5 Å². The van der Waals surface area contributed by atoms with Crippen LogP contribution in [0.4, 0.5) is 0 Å². The Morgan fingerprint density at radius 3 is 2.71 bits per heavy atom. The Balaban J connectivity index is 1.55. The van der Waals surface area contributed by atoms with Gasteiger partial charge in [-0.1, -0.05) is 6.07 Å². The van der Waals surface area contributed by atoms with Gasteiger partial charge in [0.25, 0.3) is 0 Å². The second kappa shape index (κ2) is 4.94. The van der Waals surface area contributed by atoms with E-state index in [4.69, 9.17) is 14.2 Å². The second-order valence-electron chi connectivity index (χ2n) is 4.42. The van der Waals surface area contributed by atoms with Crippen LogP contribution < -0.4 is 14.8 Å². The highest BCUT2D eigenvalue weighted by molar-refractivity contribution is 5.43. The molecule has 0 bridgehead atoms. The van der Waals surface area contributed by atoms with Crippen molar-refractivity contribution in [3.63, 3.8) is 0 Å². The Morgan fingerprint density at radius 1 is 1.12 bits per heavy atom. The topological polar surface area (TPSA) is 39.7 Å². The van der Waals surface area contributed by atoms with Gasteiger partial charge in [-0.25, -0.2) is 0 Å². The number of benzene rings is 1. The fourth-order valence-electron chi connectivity index (χ4n) is 2.02. The lowest BCUT2D eigenvalue weighted by Gasteiger charge is -2.27. The van der Waals surface area contributed by atoms with E-state index >= 15 is 0 Å². The minimum atomic E-state index is 0.548. The number of hydrogen-bond acceptors (Lipinski definition) is 4. The molecule has 2 aliphatic heterocycles. The van der Waals surface area contributed by atoms with Crippen LogP contribution in [0.3, 0.4) is 0 Å². The molecule has 92 valence electrons. The summed E-state index contributed by atoms with van der Waals surface area (Å²) in [6, 6.07) is 6.73. The van der Waals surface area contributed by atoms with Crippen LogP contribution in [0.2, 0.25) is 0 Å². The zero-order valence-corrected chi connectivity index (χ0v) is 9.78. The SMILES string of the molecule is c1cc2c(cc1CCNC1COC1)OCCO2. The third-order valence-electron chi connectivity index (χ3n) is 3.09. The minimum Gasteiger partial charge on any atom is -0.486 e. The molecule has 0 aliphatic carbocycles. The standard InChI is InChI=1S/C13H17NO3/c1-2-12-13(17-6-5-16-12)7-10(1)3-4-14-11-8-15-9-11/h1-2,7,11,14H,3-6,8-9H2. The molecule has 1 saturated heterocycles. The first-order valence-corrected chi connectivity index (χ1v) is 6.11. The van der Waals surface area contributed by atoms with E-state index in [1.165, 1.54) is 5.56 Å². The lowest BCUT2D eigenvalue weighted by Crippen LogP contribution is -2.46. The smallest absolute Gasteiger partial charge is 0.161 e. The van der Waals surface area contributed by atoms with Crippen molar-refractivity contribution in [3.05, 3.63) is 23.8 Å². The molecule has 1 fully saturated rings. The molecule has 4 heteroatoms.